The first-order valence-electron chi connectivity index (χ1n) is 6.57. The van der Waals surface area contributed by atoms with Crippen molar-refractivity contribution in [2.24, 2.45) is 29.4 Å². The Balaban J connectivity index is 1.91. The molecule has 2 aliphatic carbocycles. The Morgan fingerprint density at radius 3 is 2.22 bits per heavy atom. The van der Waals surface area contributed by atoms with Crippen molar-refractivity contribution in [2.45, 2.75) is 19.3 Å². The molecular formula is C15H17NO2. The Bertz CT molecular complexity index is 483. The maximum atomic E-state index is 12.5. The lowest BCUT2D eigenvalue weighted by molar-refractivity contribution is -0.124. The molecule has 1 aromatic rings. The number of hydrogen-bond acceptors (Lipinski definition) is 2. The van der Waals surface area contributed by atoms with E-state index in [4.69, 9.17) is 5.73 Å². The average molecular weight is 243 g/mol. The van der Waals surface area contributed by atoms with Crippen molar-refractivity contribution in [1.29, 1.82) is 0 Å². The minimum atomic E-state index is -0.295. The molecule has 1 amide bonds. The van der Waals surface area contributed by atoms with Gasteiger partial charge in [-0.1, -0.05) is 30.3 Å². The van der Waals surface area contributed by atoms with Gasteiger partial charge in [0, 0.05) is 11.5 Å². The third-order valence-electron chi connectivity index (χ3n) is 4.61. The molecule has 1 aromatic carbocycles. The molecule has 2 N–H and O–H groups in total. The third-order valence-corrected chi connectivity index (χ3v) is 4.61. The Hall–Kier alpha value is -1.64. The number of carbonyl (C=O) groups is 2. The number of carbonyl (C=O) groups excluding carboxylic acids is 2. The molecule has 2 aliphatic rings. The highest BCUT2D eigenvalue weighted by atomic mass is 16.1. The Morgan fingerprint density at radius 1 is 1.00 bits per heavy atom. The van der Waals surface area contributed by atoms with Gasteiger partial charge in [-0.25, -0.2) is 0 Å². The first-order chi connectivity index (χ1) is 8.68. The summed E-state index contributed by atoms with van der Waals surface area (Å²) < 4.78 is 0. The van der Waals surface area contributed by atoms with Gasteiger partial charge >= 0.3 is 0 Å². The van der Waals surface area contributed by atoms with Crippen LogP contribution >= 0.6 is 0 Å². The van der Waals surface area contributed by atoms with Crippen molar-refractivity contribution >= 4 is 11.7 Å². The summed E-state index contributed by atoms with van der Waals surface area (Å²) in [5.74, 6) is 0.0913. The van der Waals surface area contributed by atoms with Gasteiger partial charge in [-0.05, 0) is 31.1 Å². The molecule has 0 aliphatic heterocycles. The van der Waals surface area contributed by atoms with E-state index in [0.717, 1.165) is 19.3 Å². The molecule has 0 spiro atoms. The zero-order valence-electron chi connectivity index (χ0n) is 10.2. The van der Waals surface area contributed by atoms with Crippen LogP contribution in [0.5, 0.6) is 0 Å². The third kappa shape index (κ3) is 1.65. The Kier molecular flexibility index (Phi) is 2.69. The summed E-state index contributed by atoms with van der Waals surface area (Å²) >= 11 is 0. The standard InChI is InChI=1S/C15H17NO2/c16-15(18)13-11-7-6-10(8-11)12(13)14(17)9-4-2-1-3-5-9/h1-5,10-13H,6-8H2,(H2,16,18)/t10-,11+,12-,13-/m0/s1. The highest BCUT2D eigenvalue weighted by molar-refractivity contribution is 6.01. The maximum Gasteiger partial charge on any atom is 0.221 e. The molecule has 0 heterocycles. The van der Waals surface area contributed by atoms with Crippen molar-refractivity contribution in [2.75, 3.05) is 0 Å². The van der Waals surface area contributed by atoms with Crippen LogP contribution in [-0.4, -0.2) is 11.7 Å². The smallest absolute Gasteiger partial charge is 0.221 e. The van der Waals surface area contributed by atoms with E-state index >= 15 is 0 Å². The number of benzene rings is 1. The summed E-state index contributed by atoms with van der Waals surface area (Å²) in [4.78, 5) is 24.2. The van der Waals surface area contributed by atoms with E-state index in [2.05, 4.69) is 0 Å². The predicted octanol–water partition coefficient (Wildman–Crippen LogP) is 2.02. The maximum absolute atomic E-state index is 12.5. The van der Waals surface area contributed by atoms with Crippen LogP contribution in [0.25, 0.3) is 0 Å². The zero-order valence-corrected chi connectivity index (χ0v) is 10.2. The second-order valence-corrected chi connectivity index (χ2v) is 5.52. The second-order valence-electron chi connectivity index (χ2n) is 5.52. The molecule has 0 aromatic heterocycles. The molecule has 3 heteroatoms. The highest BCUT2D eigenvalue weighted by Gasteiger charge is 2.52. The summed E-state index contributed by atoms with van der Waals surface area (Å²) in [6.07, 6.45) is 3.12. The minimum Gasteiger partial charge on any atom is -0.369 e. The van der Waals surface area contributed by atoms with Crippen LogP contribution in [0.2, 0.25) is 0 Å². The monoisotopic (exact) mass is 243 g/mol. The minimum absolute atomic E-state index is 0.103. The van der Waals surface area contributed by atoms with Gasteiger partial charge in [-0.2, -0.15) is 0 Å². The van der Waals surface area contributed by atoms with Crippen LogP contribution in [-0.2, 0) is 4.79 Å². The Morgan fingerprint density at radius 2 is 1.61 bits per heavy atom. The first kappa shape index (κ1) is 11.5. The lowest BCUT2D eigenvalue weighted by atomic mass is 9.75. The number of primary amides is 1. The fraction of sp³-hybridized carbons (Fsp3) is 0.467. The molecule has 0 unspecified atom stereocenters. The van der Waals surface area contributed by atoms with Gasteiger partial charge in [0.1, 0.15) is 0 Å². The quantitative estimate of drug-likeness (QED) is 0.825. The SMILES string of the molecule is NC(=O)[C@H]1[C@@H]2CC[C@@H](C2)[C@@H]1C(=O)c1ccccc1. The molecular weight excluding hydrogens is 226 g/mol. The first-order valence-corrected chi connectivity index (χ1v) is 6.57. The number of ketones is 1. The van der Waals surface area contributed by atoms with E-state index in [1.165, 1.54) is 0 Å². The zero-order chi connectivity index (χ0) is 12.7. The van der Waals surface area contributed by atoms with Crippen LogP contribution < -0.4 is 5.73 Å². The second kappa shape index (κ2) is 4.23. The van der Waals surface area contributed by atoms with Crippen LogP contribution in [0.4, 0.5) is 0 Å². The predicted molar refractivity (Wildman–Crippen MR) is 67.8 cm³/mol. The number of Topliss-reactive ketones (excluding diaryl/α,β-unsaturated/α-hetero) is 1. The largest absolute Gasteiger partial charge is 0.369 e. The fourth-order valence-corrected chi connectivity index (χ4v) is 3.87. The van der Waals surface area contributed by atoms with Crippen LogP contribution in [0, 0.1) is 23.7 Å². The van der Waals surface area contributed by atoms with Crippen molar-refractivity contribution in [3.63, 3.8) is 0 Å². The number of amides is 1. The highest BCUT2D eigenvalue weighted by Crippen LogP contribution is 2.53. The number of fused-ring (bicyclic) bond motifs is 2. The van der Waals surface area contributed by atoms with Crippen molar-refractivity contribution in [3.8, 4) is 0 Å². The van der Waals surface area contributed by atoms with Gasteiger partial charge in [0.15, 0.2) is 5.78 Å². The normalized spacial score (nSPS) is 33.6. The van der Waals surface area contributed by atoms with E-state index in [1.807, 2.05) is 30.3 Å². The number of hydrogen-bond donors (Lipinski definition) is 1. The van der Waals surface area contributed by atoms with E-state index in [0.29, 0.717) is 17.4 Å². The molecule has 3 rings (SSSR count). The number of nitrogens with two attached hydrogens (primary N) is 1. The van der Waals surface area contributed by atoms with E-state index in [-0.39, 0.29) is 23.5 Å². The Labute approximate surface area is 106 Å². The number of rotatable bonds is 3. The molecule has 2 saturated carbocycles. The van der Waals surface area contributed by atoms with E-state index in [1.54, 1.807) is 0 Å². The van der Waals surface area contributed by atoms with E-state index < -0.39 is 0 Å². The van der Waals surface area contributed by atoms with Crippen LogP contribution in [0.15, 0.2) is 30.3 Å². The molecule has 0 saturated heterocycles. The summed E-state index contributed by atoms with van der Waals surface area (Å²) in [7, 11) is 0. The van der Waals surface area contributed by atoms with Gasteiger partial charge in [0.05, 0.1) is 5.92 Å². The van der Waals surface area contributed by atoms with Crippen molar-refractivity contribution < 1.29 is 9.59 Å². The molecule has 2 bridgehead atoms. The van der Waals surface area contributed by atoms with Crippen LogP contribution in [0.1, 0.15) is 29.6 Å². The van der Waals surface area contributed by atoms with Gasteiger partial charge in [-0.3, -0.25) is 9.59 Å². The van der Waals surface area contributed by atoms with Gasteiger partial charge in [0.25, 0.3) is 0 Å². The molecule has 4 atom stereocenters. The van der Waals surface area contributed by atoms with E-state index in [9.17, 15) is 9.59 Å². The van der Waals surface area contributed by atoms with Crippen molar-refractivity contribution in [3.05, 3.63) is 35.9 Å². The lowest BCUT2D eigenvalue weighted by Crippen LogP contribution is -2.38. The molecule has 0 radical (unpaired) electrons. The summed E-state index contributed by atoms with van der Waals surface area (Å²) in [5.41, 5.74) is 6.21. The molecule has 18 heavy (non-hydrogen) atoms. The summed E-state index contributed by atoms with van der Waals surface area (Å²) in [6, 6.07) is 9.27. The average Bonchev–Trinajstić information content (AvgIpc) is 2.99. The van der Waals surface area contributed by atoms with Gasteiger partial charge < -0.3 is 5.73 Å². The fourth-order valence-electron chi connectivity index (χ4n) is 3.87. The van der Waals surface area contributed by atoms with Crippen LogP contribution in [0.3, 0.4) is 0 Å². The van der Waals surface area contributed by atoms with Gasteiger partial charge in [0.2, 0.25) is 5.91 Å². The topological polar surface area (TPSA) is 60.2 Å². The summed E-state index contributed by atoms with van der Waals surface area (Å²) in [6.45, 7) is 0. The summed E-state index contributed by atoms with van der Waals surface area (Å²) in [5, 5.41) is 0. The molecule has 3 nitrogen and oxygen atoms in total. The lowest BCUT2D eigenvalue weighted by Gasteiger charge is -2.27. The molecule has 94 valence electrons. The molecule has 2 fully saturated rings. The van der Waals surface area contributed by atoms with Crippen molar-refractivity contribution in [1.82, 2.24) is 0 Å². The van der Waals surface area contributed by atoms with Gasteiger partial charge in [-0.15, -0.1) is 0 Å².